The van der Waals surface area contributed by atoms with Crippen LogP contribution in [0.15, 0.2) is 49.1 Å². The minimum Gasteiger partial charge on any atom is -0.494 e. The van der Waals surface area contributed by atoms with E-state index in [-0.39, 0.29) is 48.9 Å². The first kappa shape index (κ1) is 35.9. The van der Waals surface area contributed by atoms with Crippen LogP contribution in [0.3, 0.4) is 0 Å². The number of ketones is 1. The van der Waals surface area contributed by atoms with E-state index >= 15 is 0 Å². The number of pyridine rings is 1. The van der Waals surface area contributed by atoms with Crippen molar-refractivity contribution in [2.45, 2.75) is 41.3 Å². The average molecular weight is 694 g/mol. The molecule has 3 aromatic heterocycles. The number of piperazine rings is 1. The van der Waals surface area contributed by atoms with Crippen LogP contribution in [0.5, 0.6) is 5.75 Å². The predicted molar refractivity (Wildman–Crippen MR) is 186 cm³/mol. The minimum atomic E-state index is -3.06. The Bertz CT molecular complexity index is 1830. The zero-order chi connectivity index (χ0) is 35.3. The molecule has 0 N–H and O–H groups in total. The molecule has 1 aliphatic heterocycles. The summed E-state index contributed by atoms with van der Waals surface area (Å²) in [5, 5.41) is 4.80. The van der Waals surface area contributed by atoms with Gasteiger partial charge in [0, 0.05) is 37.9 Å². The van der Waals surface area contributed by atoms with Crippen LogP contribution in [0.25, 0.3) is 16.7 Å². The molecule has 0 saturated carbocycles. The number of rotatable bonds is 14. The molecule has 49 heavy (non-hydrogen) atoms. The van der Waals surface area contributed by atoms with Gasteiger partial charge in [-0.25, -0.2) is 14.6 Å². The lowest BCUT2D eigenvalue weighted by Crippen LogP contribution is -2.52. The van der Waals surface area contributed by atoms with Gasteiger partial charge in [-0.1, -0.05) is 45.9 Å². The van der Waals surface area contributed by atoms with Crippen LogP contribution in [0.2, 0.25) is 0 Å². The normalized spacial score (nSPS) is 13.9. The SMILES string of the molecule is C=P(OCC(C)C)(OCC(C)C)OCn1cc(C(=O)C(=O)N2CCN(C(=O)c3ccccc3)CC2)c2c(OC)cnc(-n3cnc(C)n3)c21. The molecular formula is C34H44N7O7P. The van der Waals surface area contributed by atoms with Crippen molar-refractivity contribution in [3.63, 3.8) is 0 Å². The number of aromatic nitrogens is 5. The number of carbonyl (C=O) groups is 3. The molecule has 1 aromatic carbocycles. The van der Waals surface area contributed by atoms with E-state index in [0.717, 1.165) is 0 Å². The van der Waals surface area contributed by atoms with E-state index in [2.05, 4.69) is 21.4 Å². The fraction of sp³-hybridized carbons (Fsp3) is 0.441. The van der Waals surface area contributed by atoms with Gasteiger partial charge < -0.3 is 28.2 Å². The Balaban J connectivity index is 1.48. The van der Waals surface area contributed by atoms with Gasteiger partial charge in [0.05, 0.1) is 37.5 Å². The minimum absolute atomic E-state index is 0.0999. The van der Waals surface area contributed by atoms with Gasteiger partial charge in [0.2, 0.25) is 0 Å². The lowest BCUT2D eigenvalue weighted by molar-refractivity contribution is -0.127. The first-order valence-corrected chi connectivity index (χ1v) is 17.9. The number of carbonyl (C=O) groups excluding carboxylic acids is 3. The maximum absolute atomic E-state index is 14.1. The third kappa shape index (κ3) is 8.27. The molecule has 4 aromatic rings. The number of Topliss-reactive ketones (excluding diaryl/α,β-unsaturated/α-hetero) is 1. The van der Waals surface area contributed by atoms with Crippen LogP contribution in [-0.4, -0.2) is 105 Å². The molecule has 0 bridgehead atoms. The Hall–Kier alpha value is -4.36. The zero-order valence-electron chi connectivity index (χ0n) is 28.9. The lowest BCUT2D eigenvalue weighted by Gasteiger charge is -2.34. The van der Waals surface area contributed by atoms with Gasteiger partial charge in [-0.2, -0.15) is 5.10 Å². The van der Waals surface area contributed by atoms with Crippen molar-refractivity contribution in [3.05, 3.63) is 66.0 Å². The van der Waals surface area contributed by atoms with Gasteiger partial charge in [-0.15, -0.1) is 0 Å². The smallest absolute Gasteiger partial charge is 0.295 e. The van der Waals surface area contributed by atoms with Crippen LogP contribution < -0.4 is 4.74 Å². The fourth-order valence-electron chi connectivity index (χ4n) is 5.26. The van der Waals surface area contributed by atoms with Crippen molar-refractivity contribution in [1.82, 2.24) is 34.1 Å². The molecule has 5 rings (SSSR count). The second-order valence-electron chi connectivity index (χ2n) is 12.7. The highest BCUT2D eigenvalue weighted by atomic mass is 31.2. The second-order valence-corrected chi connectivity index (χ2v) is 14.6. The van der Waals surface area contributed by atoms with Crippen LogP contribution in [0.1, 0.15) is 54.2 Å². The molecule has 1 aliphatic rings. The summed E-state index contributed by atoms with van der Waals surface area (Å²) in [7, 11) is -1.60. The Morgan fingerprint density at radius 2 is 1.55 bits per heavy atom. The molecule has 262 valence electrons. The number of ether oxygens (including phenoxy) is 1. The molecule has 4 heterocycles. The molecule has 0 aliphatic carbocycles. The maximum atomic E-state index is 14.1. The second kappa shape index (κ2) is 15.5. The molecule has 0 unspecified atom stereocenters. The van der Waals surface area contributed by atoms with Gasteiger partial charge in [-0.3, -0.25) is 18.9 Å². The van der Waals surface area contributed by atoms with E-state index in [1.807, 2.05) is 45.9 Å². The largest absolute Gasteiger partial charge is 0.494 e. The Morgan fingerprint density at radius 1 is 0.918 bits per heavy atom. The molecule has 0 radical (unpaired) electrons. The Morgan fingerprint density at radius 3 is 2.12 bits per heavy atom. The Kier molecular flexibility index (Phi) is 11.3. The summed E-state index contributed by atoms with van der Waals surface area (Å²) in [6, 6.07) is 8.98. The molecular weight excluding hydrogens is 649 g/mol. The van der Waals surface area contributed by atoms with Crippen LogP contribution in [0.4, 0.5) is 0 Å². The summed E-state index contributed by atoms with van der Waals surface area (Å²) >= 11 is 0. The van der Waals surface area contributed by atoms with Gasteiger partial charge >= 0.3 is 0 Å². The quantitative estimate of drug-likeness (QED) is 0.104. The van der Waals surface area contributed by atoms with E-state index in [9.17, 15) is 14.4 Å². The van der Waals surface area contributed by atoms with E-state index in [1.165, 1.54) is 29.2 Å². The van der Waals surface area contributed by atoms with Crippen molar-refractivity contribution in [3.8, 4) is 11.6 Å². The highest BCUT2D eigenvalue weighted by molar-refractivity contribution is 7.59. The highest BCUT2D eigenvalue weighted by Crippen LogP contribution is 2.50. The highest BCUT2D eigenvalue weighted by Gasteiger charge is 2.33. The first-order valence-electron chi connectivity index (χ1n) is 16.2. The van der Waals surface area contributed by atoms with E-state index in [1.54, 1.807) is 34.7 Å². The Labute approximate surface area is 286 Å². The van der Waals surface area contributed by atoms with Crippen molar-refractivity contribution in [1.29, 1.82) is 0 Å². The first-order chi connectivity index (χ1) is 23.4. The van der Waals surface area contributed by atoms with Crippen LogP contribution in [-0.2, 0) is 25.1 Å². The van der Waals surface area contributed by atoms with Crippen molar-refractivity contribution in [2.75, 3.05) is 46.5 Å². The van der Waals surface area contributed by atoms with Crippen molar-refractivity contribution >= 4 is 42.4 Å². The van der Waals surface area contributed by atoms with E-state index in [4.69, 9.17) is 18.3 Å². The molecule has 1 saturated heterocycles. The number of hydrogen-bond donors (Lipinski definition) is 0. The fourth-order valence-corrected chi connectivity index (χ4v) is 6.83. The third-order valence-corrected chi connectivity index (χ3v) is 9.39. The molecule has 0 spiro atoms. The zero-order valence-corrected chi connectivity index (χ0v) is 29.8. The average Bonchev–Trinajstić information content (AvgIpc) is 3.72. The molecule has 15 heteroatoms. The maximum Gasteiger partial charge on any atom is 0.295 e. The summed E-state index contributed by atoms with van der Waals surface area (Å²) in [5.74, 6) is 0.0267. The van der Waals surface area contributed by atoms with Gasteiger partial charge in [0.15, 0.2) is 5.82 Å². The van der Waals surface area contributed by atoms with E-state index in [0.29, 0.717) is 54.4 Å². The standard InChI is InChI=1S/C34H44N7O7P/c1-23(2)19-46-49(7,47-20-24(3)4)48-22-40-18-27(29-28(45-6)17-35-32(30(29)40)41-21-36-25(5)37-41)31(42)34(44)39-15-13-38(14-16-39)33(43)26-11-9-8-10-12-26/h8-12,17-18,21,23-24H,7,13-16,19-20,22H2,1-6H3. The van der Waals surface area contributed by atoms with Gasteiger partial charge in [0.25, 0.3) is 25.2 Å². The number of nitrogens with zero attached hydrogens (tertiary/aromatic N) is 7. The number of aryl methyl sites for hydroxylation is 1. The van der Waals surface area contributed by atoms with Gasteiger partial charge in [-0.05, 0) is 37.2 Å². The molecule has 1 fully saturated rings. The molecule has 2 amide bonds. The van der Waals surface area contributed by atoms with Crippen molar-refractivity contribution in [2.24, 2.45) is 11.8 Å². The molecule has 14 nitrogen and oxygen atoms in total. The van der Waals surface area contributed by atoms with Gasteiger partial charge in [0.1, 0.15) is 30.1 Å². The number of methoxy groups -OCH3 is 1. The predicted octanol–water partition coefficient (Wildman–Crippen LogP) is 4.62. The van der Waals surface area contributed by atoms with Crippen LogP contribution >= 0.6 is 7.57 Å². The summed E-state index contributed by atoms with van der Waals surface area (Å²) in [6.45, 7) is 11.5. The van der Waals surface area contributed by atoms with Crippen LogP contribution in [0, 0.1) is 18.8 Å². The summed E-state index contributed by atoms with van der Waals surface area (Å²) in [6.07, 6.45) is 8.74. The topological polar surface area (TPSA) is 143 Å². The van der Waals surface area contributed by atoms with Crippen molar-refractivity contribution < 1.29 is 32.7 Å². The number of hydrogen-bond acceptors (Lipinski definition) is 10. The van der Waals surface area contributed by atoms with E-state index < -0.39 is 19.3 Å². The summed E-state index contributed by atoms with van der Waals surface area (Å²) in [5.41, 5.74) is 1.10. The monoisotopic (exact) mass is 693 g/mol. The molecule has 0 atom stereocenters. The number of amides is 2. The summed E-state index contributed by atoms with van der Waals surface area (Å²) < 4.78 is 27.3. The third-order valence-electron chi connectivity index (χ3n) is 7.80. The number of fused-ring (bicyclic) bond motifs is 1. The lowest BCUT2D eigenvalue weighted by atomic mass is 10.1. The summed E-state index contributed by atoms with van der Waals surface area (Å²) in [4.78, 5) is 52.8. The number of benzene rings is 1.